The van der Waals surface area contributed by atoms with Crippen LogP contribution < -0.4 is 0 Å². The van der Waals surface area contributed by atoms with Gasteiger partial charge in [0.1, 0.15) is 0 Å². The molecule has 8 aliphatic rings. The molecule has 0 N–H and O–H groups in total. The summed E-state index contributed by atoms with van der Waals surface area (Å²) in [7, 11) is -2.69. The van der Waals surface area contributed by atoms with Crippen LogP contribution in [0, 0.1) is 62.2 Å². The number of thioether (sulfide) groups is 4. The number of nitrogens with zero attached hydrogens (tertiary/aromatic N) is 2. The molecule has 0 bridgehead atoms. The average molecular weight is 1510 g/mol. The number of allylic oxidation sites excluding steroid dienone is 4. The van der Waals surface area contributed by atoms with Gasteiger partial charge in [-0.3, -0.25) is 0 Å². The van der Waals surface area contributed by atoms with Crippen LogP contribution in [0.15, 0.2) is 100 Å². The first kappa shape index (κ1) is 70.0. The largest absolute Gasteiger partial charge is 4.00 e. The molecule has 10 rings (SSSR count). The topological polar surface area (TPSA) is 28.2 Å². The molecule has 0 spiro atoms. The molecule has 4 saturated carbocycles. The molecule has 16 unspecified atom stereocenters. The molecule has 4 heterocycles. The van der Waals surface area contributed by atoms with Crippen molar-refractivity contribution in [3.8, 4) is 0 Å². The second-order valence-electron chi connectivity index (χ2n) is 22.2. The van der Waals surface area contributed by atoms with E-state index in [-0.39, 0.29) is 41.1 Å². The zero-order chi connectivity index (χ0) is 51.1. The summed E-state index contributed by atoms with van der Waals surface area (Å²) < 4.78 is 5.96. The van der Waals surface area contributed by atoms with E-state index in [0.29, 0.717) is 0 Å². The number of hydrogen-bond acceptors (Lipinski definition) is 4. The zero-order valence-corrected chi connectivity index (χ0v) is 62.7. The number of rotatable bonds is 10. The van der Waals surface area contributed by atoms with Gasteiger partial charge in [-0.15, -0.1) is 105 Å². The first-order valence-electron chi connectivity index (χ1n) is 25.7. The number of benzene rings is 2. The number of halogens is 7. The molecule has 73 heavy (non-hydrogen) atoms. The van der Waals surface area contributed by atoms with E-state index in [1.807, 2.05) is 60.7 Å². The van der Waals surface area contributed by atoms with Crippen molar-refractivity contribution in [3.63, 3.8) is 0 Å². The molecule has 0 amide bonds. The molecule has 406 valence electrons. The molecule has 4 fully saturated rings. The Balaban J connectivity index is 0.000000269. The fraction of sp³-hybridized carbons (Fsp3) is 0.607. The number of fused-ring (bicyclic) bond motifs is 4. The smallest absolute Gasteiger partial charge is 0.684 e. The average Bonchev–Trinajstić information content (AvgIpc) is 4.20. The molecule has 2 aromatic rings. The van der Waals surface area contributed by atoms with Crippen LogP contribution in [0.5, 0.6) is 0 Å². The summed E-state index contributed by atoms with van der Waals surface area (Å²) in [5, 5.41) is 22.0. The van der Waals surface area contributed by atoms with Gasteiger partial charge >= 0.3 is 32.9 Å². The van der Waals surface area contributed by atoms with E-state index in [2.05, 4.69) is 211 Å². The fourth-order valence-corrected chi connectivity index (χ4v) is 40.4. The standard InChI is InChI=1S/2C18H26Br2S2Si.C15H16N2.C3H8.2CH3.Cl3HSi.Zr/c2*1-9-5-11-13(19)7-21-15(11)17(9)23(3,4)18-10(2)6-12-14(20)8-22-16(12)18;1-3-8-14(9-4-1)16-12-7-13-17-15-10-5-2-6-11-15;1-3-2;;;1-4(2)3;/h2*7-12,15-18H,5-6H2,1-4H3;1-6,8-11H,7,12-13H2;3H2,1-2H3;2*1H3;4H;/q;;-2;;2*-1;;+4. The van der Waals surface area contributed by atoms with Crippen molar-refractivity contribution in [2.75, 3.05) is 13.1 Å². The predicted molar refractivity (Wildman–Crippen MR) is 359 cm³/mol. The van der Waals surface area contributed by atoms with Gasteiger partial charge in [0.2, 0.25) is 0 Å². The predicted octanol–water partition coefficient (Wildman–Crippen LogP) is 23.4. The van der Waals surface area contributed by atoms with E-state index in [1.54, 1.807) is 0 Å². The van der Waals surface area contributed by atoms with Crippen molar-refractivity contribution in [2.24, 2.45) is 47.3 Å². The van der Waals surface area contributed by atoms with Crippen LogP contribution in [-0.2, 0) is 26.2 Å². The van der Waals surface area contributed by atoms with E-state index in [0.717, 1.165) is 121 Å². The van der Waals surface area contributed by atoms with Gasteiger partial charge in [0.25, 0.3) is 0 Å². The van der Waals surface area contributed by atoms with Crippen molar-refractivity contribution in [3.05, 3.63) is 126 Å². The van der Waals surface area contributed by atoms with Crippen LogP contribution in [0.1, 0.15) is 80.1 Å². The molecular weight excluding hydrogens is 1430 g/mol. The van der Waals surface area contributed by atoms with Gasteiger partial charge in [-0.05, 0) is 93.2 Å². The van der Waals surface area contributed by atoms with Crippen molar-refractivity contribution in [2.45, 2.75) is 149 Å². The summed E-state index contributed by atoms with van der Waals surface area (Å²) in [6.45, 7) is 25.3. The Morgan fingerprint density at radius 2 is 0.712 bits per heavy atom. The first-order valence-corrected chi connectivity index (χ1v) is 44.1. The van der Waals surface area contributed by atoms with E-state index in [1.165, 1.54) is 50.0 Å². The summed E-state index contributed by atoms with van der Waals surface area (Å²) in [5.74, 6) is 6.81. The zero-order valence-electron chi connectivity index (χ0n) is 45.2. The van der Waals surface area contributed by atoms with Crippen molar-refractivity contribution >= 4 is 178 Å². The van der Waals surface area contributed by atoms with E-state index >= 15 is 0 Å². The second kappa shape index (κ2) is 32.5. The van der Waals surface area contributed by atoms with Crippen molar-refractivity contribution < 1.29 is 26.2 Å². The third kappa shape index (κ3) is 17.4. The maximum atomic E-state index is 4.94. The molecular formula is C56H83Br4Cl3N2S4Si3Zr. The minimum atomic E-state index is -1.72. The number of para-hydroxylation sites is 2. The van der Waals surface area contributed by atoms with Gasteiger partial charge in [0, 0.05) is 62.6 Å². The summed E-state index contributed by atoms with van der Waals surface area (Å²) in [4.78, 5) is 0. The minimum Gasteiger partial charge on any atom is -0.684 e. The second-order valence-corrected chi connectivity index (χ2v) is 46.4. The van der Waals surface area contributed by atoms with Gasteiger partial charge in [-0.1, -0.05) is 205 Å². The molecule has 0 saturated heterocycles. The Morgan fingerprint density at radius 3 is 0.932 bits per heavy atom. The van der Waals surface area contributed by atoms with Crippen molar-refractivity contribution in [1.82, 2.24) is 0 Å². The molecule has 2 nitrogen and oxygen atoms in total. The quantitative estimate of drug-likeness (QED) is 0.103. The minimum absolute atomic E-state index is 0. The normalized spacial score (nSPS) is 34.0. The van der Waals surface area contributed by atoms with Gasteiger partial charge in [-0.25, -0.2) is 0 Å². The van der Waals surface area contributed by atoms with Gasteiger partial charge < -0.3 is 25.5 Å². The van der Waals surface area contributed by atoms with E-state index in [4.69, 9.17) is 33.2 Å². The van der Waals surface area contributed by atoms with Crippen LogP contribution in [0.2, 0.25) is 48.4 Å². The Kier molecular flexibility index (Phi) is 31.2. The van der Waals surface area contributed by atoms with E-state index < -0.39 is 22.9 Å². The summed E-state index contributed by atoms with van der Waals surface area (Å²) in [6, 6.07) is 20.1. The Hall–Kier alpha value is 2.72. The van der Waals surface area contributed by atoms with Crippen LogP contribution in [0.25, 0.3) is 10.6 Å². The number of hydrogen-bond donors (Lipinski definition) is 0. The van der Waals surface area contributed by atoms with Crippen LogP contribution in [0.3, 0.4) is 0 Å². The molecule has 4 aliphatic carbocycles. The van der Waals surface area contributed by atoms with Gasteiger partial charge in [-0.2, -0.15) is 0 Å². The Bertz CT molecular complexity index is 1880. The molecule has 0 radical (unpaired) electrons. The van der Waals surface area contributed by atoms with Crippen LogP contribution >= 0.6 is 144 Å². The first-order chi connectivity index (χ1) is 33.2. The van der Waals surface area contributed by atoms with Crippen LogP contribution in [0.4, 0.5) is 11.4 Å². The van der Waals surface area contributed by atoms with Gasteiger partial charge in [0.15, 0.2) is 0 Å². The molecule has 4 aliphatic heterocycles. The van der Waals surface area contributed by atoms with Crippen LogP contribution in [-0.4, -0.2) is 57.0 Å². The summed E-state index contributed by atoms with van der Waals surface area (Å²) in [5.41, 5.74) is 5.97. The van der Waals surface area contributed by atoms with Crippen molar-refractivity contribution in [1.29, 1.82) is 0 Å². The SMILES string of the molecule is CC1CC2C(Br)=CSC2C1[Si](C)(C)C1C(C)CC2C(Br)=CSC21.CC1CC2C(Br)=CSC2C1[Si](C)(C)C1C(C)CC2C(Br)=CSC21.CCC.Cl[SiH](Cl)Cl.[CH3-].[CH3-].[Zr+4].c1ccc([N-]CCC[N-]c2ccccc2)cc1. The Labute approximate surface area is 533 Å². The maximum absolute atomic E-state index is 4.94. The van der Waals surface area contributed by atoms with E-state index in [9.17, 15) is 0 Å². The molecule has 2 aromatic carbocycles. The third-order valence-electron chi connectivity index (χ3n) is 16.6. The summed E-state index contributed by atoms with van der Waals surface area (Å²) in [6.07, 6.45) is 7.85. The van der Waals surface area contributed by atoms with Gasteiger partial charge in [0.05, 0.1) is 16.1 Å². The molecule has 16 atom stereocenters. The molecule has 0 aromatic heterocycles. The Morgan fingerprint density at radius 1 is 0.493 bits per heavy atom. The monoisotopic (exact) mass is 1510 g/mol. The fourth-order valence-electron chi connectivity index (χ4n) is 14.4. The molecule has 17 heteroatoms. The third-order valence-corrected chi connectivity index (χ3v) is 37.9. The maximum Gasteiger partial charge on any atom is 4.00 e. The summed E-state index contributed by atoms with van der Waals surface area (Å²) >= 11 is 38.8.